The van der Waals surface area contributed by atoms with Gasteiger partial charge in [0.05, 0.1) is 5.69 Å². The van der Waals surface area contributed by atoms with E-state index in [1.54, 1.807) is 0 Å². The monoisotopic (exact) mass is 317 g/mol. The Balaban J connectivity index is 2.16. The number of aryl methyl sites for hydroxylation is 1. The van der Waals surface area contributed by atoms with Crippen LogP contribution in [0.1, 0.15) is 57.2 Å². The summed E-state index contributed by atoms with van der Waals surface area (Å²) in [5.74, 6) is 0.507. The van der Waals surface area contributed by atoms with E-state index in [0.29, 0.717) is 5.92 Å². The number of aromatic nitrogens is 1. The molecule has 0 bridgehead atoms. The molecule has 0 aliphatic heterocycles. The summed E-state index contributed by atoms with van der Waals surface area (Å²) in [5, 5.41) is 2.53. The molecule has 3 rings (SSSR count). The minimum Gasteiger partial charge on any atom is -0.256 e. The van der Waals surface area contributed by atoms with Gasteiger partial charge in [-0.1, -0.05) is 64.4 Å². The van der Waals surface area contributed by atoms with Gasteiger partial charge in [0.15, 0.2) is 0 Å². The predicted molar refractivity (Wildman–Crippen MR) is 105 cm³/mol. The maximum absolute atomic E-state index is 4.78. The first kappa shape index (κ1) is 16.7. The molecule has 2 aromatic carbocycles. The van der Waals surface area contributed by atoms with Crippen LogP contribution in [0.3, 0.4) is 0 Å². The molecule has 0 saturated carbocycles. The lowest BCUT2D eigenvalue weighted by Gasteiger charge is -2.21. The van der Waals surface area contributed by atoms with Gasteiger partial charge < -0.3 is 0 Å². The molecule has 1 aromatic heterocycles. The summed E-state index contributed by atoms with van der Waals surface area (Å²) >= 11 is 0. The first-order chi connectivity index (χ1) is 11.3. The Morgan fingerprint density at radius 3 is 2.38 bits per heavy atom. The third-order valence-electron chi connectivity index (χ3n) is 4.66. The summed E-state index contributed by atoms with van der Waals surface area (Å²) in [4.78, 5) is 4.78. The maximum atomic E-state index is 4.78. The van der Waals surface area contributed by atoms with Gasteiger partial charge in [0.1, 0.15) is 0 Å². The van der Waals surface area contributed by atoms with Crippen LogP contribution in [0.4, 0.5) is 0 Å². The van der Waals surface area contributed by atoms with Gasteiger partial charge in [-0.2, -0.15) is 0 Å². The number of nitrogens with zero attached hydrogens (tertiary/aromatic N) is 1. The first-order valence-corrected chi connectivity index (χ1v) is 8.77. The van der Waals surface area contributed by atoms with Gasteiger partial charge in [0.25, 0.3) is 0 Å². The summed E-state index contributed by atoms with van der Waals surface area (Å²) in [5.41, 5.74) is 6.41. The Morgan fingerprint density at radius 1 is 0.958 bits per heavy atom. The highest BCUT2D eigenvalue weighted by Crippen LogP contribution is 2.31. The van der Waals surface area contributed by atoms with Crippen LogP contribution in [0.15, 0.2) is 48.7 Å². The van der Waals surface area contributed by atoms with E-state index in [1.165, 1.54) is 33.0 Å². The zero-order valence-corrected chi connectivity index (χ0v) is 15.6. The molecule has 24 heavy (non-hydrogen) atoms. The average Bonchev–Trinajstić information content (AvgIpc) is 2.52. The fourth-order valence-electron chi connectivity index (χ4n) is 3.22. The van der Waals surface area contributed by atoms with Crippen molar-refractivity contribution in [2.75, 3.05) is 0 Å². The molecule has 0 aliphatic carbocycles. The van der Waals surface area contributed by atoms with Gasteiger partial charge in [0.2, 0.25) is 0 Å². The maximum Gasteiger partial charge on any atom is 0.0708 e. The molecular weight excluding hydrogens is 290 g/mol. The molecule has 0 aliphatic rings. The molecule has 0 radical (unpaired) electrons. The van der Waals surface area contributed by atoms with Gasteiger partial charge in [-0.15, -0.1) is 0 Å². The third kappa shape index (κ3) is 3.21. The normalized spacial score (nSPS) is 12.1. The average molecular weight is 317 g/mol. The minimum atomic E-state index is 0.141. The molecule has 3 aromatic rings. The van der Waals surface area contributed by atoms with E-state index in [2.05, 4.69) is 84.0 Å². The molecule has 1 heterocycles. The van der Waals surface area contributed by atoms with Crippen molar-refractivity contribution < 1.29 is 0 Å². The van der Waals surface area contributed by atoms with Crippen molar-refractivity contribution in [2.24, 2.45) is 0 Å². The van der Waals surface area contributed by atoms with Gasteiger partial charge >= 0.3 is 0 Å². The molecule has 0 unspecified atom stereocenters. The van der Waals surface area contributed by atoms with E-state index >= 15 is 0 Å². The smallest absolute Gasteiger partial charge is 0.0708 e. The third-order valence-corrected chi connectivity index (χ3v) is 4.66. The van der Waals surface area contributed by atoms with Crippen LogP contribution in [0, 0.1) is 6.92 Å². The van der Waals surface area contributed by atoms with Crippen molar-refractivity contribution in [1.29, 1.82) is 0 Å². The second-order valence-corrected chi connectivity index (χ2v) is 8.13. The fourth-order valence-corrected chi connectivity index (χ4v) is 3.22. The summed E-state index contributed by atoms with van der Waals surface area (Å²) in [6.07, 6.45) is 2.04. The Morgan fingerprint density at radius 2 is 1.71 bits per heavy atom. The van der Waals surface area contributed by atoms with Crippen LogP contribution in [0.5, 0.6) is 0 Å². The van der Waals surface area contributed by atoms with Crippen LogP contribution in [-0.2, 0) is 5.41 Å². The molecule has 0 atom stereocenters. The number of hydrogen-bond acceptors (Lipinski definition) is 1. The molecule has 0 N–H and O–H groups in total. The predicted octanol–water partition coefficient (Wildman–Crippen LogP) is 6.63. The molecule has 0 amide bonds. The number of fused-ring (bicyclic) bond motifs is 1. The summed E-state index contributed by atoms with van der Waals surface area (Å²) in [6, 6.07) is 15.6. The Labute approximate surface area is 145 Å². The largest absolute Gasteiger partial charge is 0.256 e. The summed E-state index contributed by atoms with van der Waals surface area (Å²) in [6.45, 7) is 13.4. The van der Waals surface area contributed by atoms with Crippen LogP contribution in [0.2, 0.25) is 0 Å². The zero-order valence-electron chi connectivity index (χ0n) is 15.6. The van der Waals surface area contributed by atoms with E-state index in [9.17, 15) is 0 Å². The number of hydrogen-bond donors (Lipinski definition) is 0. The zero-order chi connectivity index (χ0) is 17.5. The Kier molecular flexibility index (Phi) is 4.21. The number of benzene rings is 2. The number of pyridine rings is 1. The second kappa shape index (κ2) is 6.05. The van der Waals surface area contributed by atoms with Crippen LogP contribution in [-0.4, -0.2) is 4.98 Å². The molecule has 124 valence electrons. The minimum absolute atomic E-state index is 0.141. The fraction of sp³-hybridized carbons (Fsp3) is 0.348. The molecule has 1 heteroatoms. The highest BCUT2D eigenvalue weighted by atomic mass is 14.7. The van der Waals surface area contributed by atoms with Crippen LogP contribution < -0.4 is 0 Å². The van der Waals surface area contributed by atoms with Crippen LogP contribution in [0.25, 0.3) is 22.0 Å². The lowest BCUT2D eigenvalue weighted by atomic mass is 9.84. The Bertz CT molecular complexity index is 882. The molecule has 0 fully saturated rings. The highest BCUT2D eigenvalue weighted by Gasteiger charge is 2.16. The lowest BCUT2D eigenvalue weighted by molar-refractivity contribution is 0.590. The molecule has 0 saturated heterocycles. The summed E-state index contributed by atoms with van der Waals surface area (Å²) in [7, 11) is 0. The topological polar surface area (TPSA) is 12.9 Å². The van der Waals surface area contributed by atoms with Crippen molar-refractivity contribution in [3.63, 3.8) is 0 Å². The first-order valence-electron chi connectivity index (χ1n) is 8.77. The van der Waals surface area contributed by atoms with Crippen molar-refractivity contribution in [2.45, 2.75) is 52.9 Å². The van der Waals surface area contributed by atoms with Gasteiger partial charge in [-0.05, 0) is 53.0 Å². The molecular formula is C23H27N. The highest BCUT2D eigenvalue weighted by molar-refractivity contribution is 5.88. The van der Waals surface area contributed by atoms with E-state index in [4.69, 9.17) is 4.98 Å². The van der Waals surface area contributed by atoms with Crippen molar-refractivity contribution in [3.8, 4) is 11.3 Å². The molecule has 1 nitrogen and oxygen atoms in total. The van der Waals surface area contributed by atoms with E-state index in [-0.39, 0.29) is 5.41 Å². The van der Waals surface area contributed by atoms with Gasteiger partial charge in [-0.3, -0.25) is 4.98 Å². The quantitative estimate of drug-likeness (QED) is 0.517. The standard InChI is InChI=1S/C23H27N/c1-15(2)20-9-7-8-17-13-22(24-14-21(17)20)18-10-16(3)11-19(12-18)23(4,5)6/h7-15H,1-6H3. The second-order valence-electron chi connectivity index (χ2n) is 8.13. The van der Waals surface area contributed by atoms with Crippen LogP contribution >= 0.6 is 0 Å². The van der Waals surface area contributed by atoms with E-state index in [0.717, 1.165) is 5.69 Å². The SMILES string of the molecule is Cc1cc(-c2cc3cccc(C(C)C)c3cn2)cc(C(C)(C)C)c1. The van der Waals surface area contributed by atoms with Crippen molar-refractivity contribution in [3.05, 3.63) is 65.4 Å². The Hall–Kier alpha value is -2.15. The van der Waals surface area contributed by atoms with E-state index < -0.39 is 0 Å². The van der Waals surface area contributed by atoms with Crippen molar-refractivity contribution >= 4 is 10.8 Å². The van der Waals surface area contributed by atoms with Gasteiger partial charge in [0, 0.05) is 17.1 Å². The lowest BCUT2D eigenvalue weighted by Crippen LogP contribution is -2.11. The molecule has 0 spiro atoms. The van der Waals surface area contributed by atoms with Gasteiger partial charge in [-0.25, -0.2) is 0 Å². The van der Waals surface area contributed by atoms with Crippen molar-refractivity contribution in [1.82, 2.24) is 4.98 Å². The van der Waals surface area contributed by atoms with E-state index in [1.807, 2.05) is 6.20 Å². The summed E-state index contributed by atoms with van der Waals surface area (Å²) < 4.78 is 0. The number of rotatable bonds is 2.